The van der Waals surface area contributed by atoms with Crippen LogP contribution in [-0.4, -0.2) is 38.1 Å². The number of carbonyl (C=O) groups excluding carboxylic acids is 1. The fourth-order valence-corrected chi connectivity index (χ4v) is 4.16. The third-order valence-corrected chi connectivity index (χ3v) is 5.68. The number of benzene rings is 2. The Labute approximate surface area is 168 Å². The zero-order chi connectivity index (χ0) is 19.8. The Morgan fingerprint density at radius 2 is 1.69 bits per heavy atom. The van der Waals surface area contributed by atoms with Gasteiger partial charge in [-0.2, -0.15) is 5.10 Å². The highest BCUT2D eigenvalue weighted by Crippen LogP contribution is 2.20. The van der Waals surface area contributed by atoms with Crippen LogP contribution in [0.1, 0.15) is 35.2 Å². The average Bonchev–Trinajstić information content (AvgIpc) is 3.27. The molecular formula is C23H22N4O2. The van der Waals surface area contributed by atoms with Crippen molar-refractivity contribution in [1.82, 2.24) is 19.1 Å². The SMILES string of the molecule is O=C(c1ccc2c(c1)n(Cc1ccccc1)c(=O)c1ccnn12)N1CCCCC1. The summed E-state index contributed by atoms with van der Waals surface area (Å²) in [5, 5.41) is 4.33. The van der Waals surface area contributed by atoms with Crippen LogP contribution in [0.15, 0.2) is 65.6 Å². The Bertz CT molecular complexity index is 1250. The molecule has 1 amide bonds. The second-order valence-corrected chi connectivity index (χ2v) is 7.56. The zero-order valence-electron chi connectivity index (χ0n) is 16.1. The quantitative estimate of drug-likeness (QED) is 0.543. The first-order valence-electron chi connectivity index (χ1n) is 10.1. The van der Waals surface area contributed by atoms with Gasteiger partial charge in [-0.3, -0.25) is 9.59 Å². The number of hydrogen-bond donors (Lipinski definition) is 0. The summed E-state index contributed by atoms with van der Waals surface area (Å²) < 4.78 is 3.41. The highest BCUT2D eigenvalue weighted by Gasteiger charge is 2.20. The first-order valence-corrected chi connectivity index (χ1v) is 10.1. The molecule has 0 N–H and O–H groups in total. The number of carbonyl (C=O) groups is 1. The number of fused-ring (bicyclic) bond motifs is 3. The van der Waals surface area contributed by atoms with E-state index < -0.39 is 0 Å². The summed E-state index contributed by atoms with van der Waals surface area (Å²) in [5.41, 5.74) is 3.61. The van der Waals surface area contributed by atoms with Gasteiger partial charge >= 0.3 is 0 Å². The first kappa shape index (κ1) is 17.7. The third kappa shape index (κ3) is 3.10. The Morgan fingerprint density at radius 1 is 0.897 bits per heavy atom. The molecule has 1 saturated heterocycles. The van der Waals surface area contributed by atoms with E-state index in [2.05, 4.69) is 5.10 Å². The molecule has 0 bridgehead atoms. The van der Waals surface area contributed by atoms with E-state index in [-0.39, 0.29) is 11.5 Å². The van der Waals surface area contributed by atoms with Gasteiger partial charge in [0.25, 0.3) is 11.5 Å². The predicted octanol–water partition coefficient (Wildman–Crippen LogP) is 3.32. The van der Waals surface area contributed by atoms with Crippen molar-refractivity contribution in [2.75, 3.05) is 13.1 Å². The predicted molar refractivity (Wildman–Crippen MR) is 112 cm³/mol. The fourth-order valence-electron chi connectivity index (χ4n) is 4.16. The molecule has 146 valence electrons. The van der Waals surface area contributed by atoms with Gasteiger partial charge in [0, 0.05) is 18.7 Å². The van der Waals surface area contributed by atoms with E-state index in [0.29, 0.717) is 17.6 Å². The van der Waals surface area contributed by atoms with Crippen molar-refractivity contribution >= 4 is 22.5 Å². The largest absolute Gasteiger partial charge is 0.339 e. The van der Waals surface area contributed by atoms with Crippen molar-refractivity contribution in [3.63, 3.8) is 0 Å². The Hall–Kier alpha value is -3.41. The molecule has 6 heteroatoms. The molecule has 1 fully saturated rings. The van der Waals surface area contributed by atoms with Crippen LogP contribution < -0.4 is 5.56 Å². The van der Waals surface area contributed by atoms with Crippen LogP contribution >= 0.6 is 0 Å². The molecule has 1 aliphatic heterocycles. The molecule has 0 unspecified atom stereocenters. The van der Waals surface area contributed by atoms with Crippen molar-refractivity contribution in [2.24, 2.45) is 0 Å². The monoisotopic (exact) mass is 386 g/mol. The van der Waals surface area contributed by atoms with Gasteiger partial charge in [0.1, 0.15) is 5.52 Å². The number of amides is 1. The lowest BCUT2D eigenvalue weighted by atomic mass is 10.1. The molecule has 1 aliphatic rings. The number of aromatic nitrogens is 3. The minimum absolute atomic E-state index is 0.0332. The summed E-state index contributed by atoms with van der Waals surface area (Å²) in [7, 11) is 0. The van der Waals surface area contributed by atoms with Gasteiger partial charge < -0.3 is 9.47 Å². The van der Waals surface area contributed by atoms with Gasteiger partial charge in [-0.25, -0.2) is 4.52 Å². The van der Waals surface area contributed by atoms with Gasteiger partial charge in [0.2, 0.25) is 0 Å². The summed E-state index contributed by atoms with van der Waals surface area (Å²) in [6, 6.07) is 17.2. The third-order valence-electron chi connectivity index (χ3n) is 5.68. The smallest absolute Gasteiger partial charge is 0.277 e. The first-order chi connectivity index (χ1) is 14.2. The van der Waals surface area contributed by atoms with E-state index in [9.17, 15) is 9.59 Å². The second-order valence-electron chi connectivity index (χ2n) is 7.56. The fraction of sp³-hybridized carbons (Fsp3) is 0.261. The van der Waals surface area contributed by atoms with Crippen molar-refractivity contribution in [3.8, 4) is 0 Å². The van der Waals surface area contributed by atoms with Crippen molar-refractivity contribution in [2.45, 2.75) is 25.8 Å². The summed E-state index contributed by atoms with van der Waals surface area (Å²) in [6.45, 7) is 2.04. The summed E-state index contributed by atoms with van der Waals surface area (Å²) in [5.74, 6) is 0.0332. The molecule has 29 heavy (non-hydrogen) atoms. The lowest BCUT2D eigenvalue weighted by Gasteiger charge is -2.27. The van der Waals surface area contributed by atoms with E-state index in [0.717, 1.165) is 42.5 Å². The van der Waals surface area contributed by atoms with Gasteiger partial charge in [-0.05, 0) is 49.1 Å². The lowest BCUT2D eigenvalue weighted by molar-refractivity contribution is 0.0724. The van der Waals surface area contributed by atoms with Crippen LogP contribution in [-0.2, 0) is 6.54 Å². The van der Waals surface area contributed by atoms with Crippen LogP contribution in [0.2, 0.25) is 0 Å². The molecule has 3 heterocycles. The summed E-state index contributed by atoms with van der Waals surface area (Å²) in [4.78, 5) is 28.1. The van der Waals surface area contributed by atoms with Crippen molar-refractivity contribution in [1.29, 1.82) is 0 Å². The molecule has 0 radical (unpaired) electrons. The molecule has 4 aromatic rings. The molecule has 0 saturated carbocycles. The molecule has 2 aromatic heterocycles. The molecule has 0 aliphatic carbocycles. The Morgan fingerprint density at radius 3 is 2.48 bits per heavy atom. The minimum Gasteiger partial charge on any atom is -0.339 e. The van der Waals surface area contributed by atoms with E-state index in [4.69, 9.17) is 0 Å². The van der Waals surface area contributed by atoms with Crippen LogP contribution in [0.4, 0.5) is 0 Å². The topological polar surface area (TPSA) is 59.6 Å². The number of piperidine rings is 1. The van der Waals surface area contributed by atoms with Crippen molar-refractivity contribution < 1.29 is 4.79 Å². The lowest BCUT2D eigenvalue weighted by Crippen LogP contribution is -2.35. The maximum absolute atomic E-state index is 13.2. The molecule has 5 rings (SSSR count). The zero-order valence-corrected chi connectivity index (χ0v) is 16.1. The standard InChI is InChI=1S/C23H22N4O2/c28-22(25-13-5-2-6-14-25)18-9-10-19-21(15-18)26(16-17-7-3-1-4-8-17)23(29)20-11-12-24-27(19)20/h1,3-4,7-12,15H,2,5-6,13-14,16H2. The molecule has 6 nitrogen and oxygen atoms in total. The van der Waals surface area contributed by atoms with E-state index in [1.807, 2.05) is 53.4 Å². The van der Waals surface area contributed by atoms with E-state index >= 15 is 0 Å². The highest BCUT2D eigenvalue weighted by atomic mass is 16.2. The molecule has 2 aromatic carbocycles. The van der Waals surface area contributed by atoms with Crippen LogP contribution in [0.25, 0.3) is 16.6 Å². The number of hydrogen-bond acceptors (Lipinski definition) is 3. The van der Waals surface area contributed by atoms with Crippen LogP contribution in [0.5, 0.6) is 0 Å². The van der Waals surface area contributed by atoms with E-state index in [1.165, 1.54) is 6.42 Å². The van der Waals surface area contributed by atoms with Crippen LogP contribution in [0.3, 0.4) is 0 Å². The maximum Gasteiger partial charge on any atom is 0.277 e. The molecule has 0 atom stereocenters. The average molecular weight is 386 g/mol. The number of rotatable bonds is 3. The summed E-state index contributed by atoms with van der Waals surface area (Å²) >= 11 is 0. The van der Waals surface area contributed by atoms with Gasteiger partial charge in [-0.1, -0.05) is 30.3 Å². The second kappa shape index (κ2) is 7.20. The van der Waals surface area contributed by atoms with Crippen molar-refractivity contribution in [3.05, 3.63) is 82.3 Å². The van der Waals surface area contributed by atoms with Crippen LogP contribution in [0, 0.1) is 0 Å². The molecular weight excluding hydrogens is 364 g/mol. The van der Waals surface area contributed by atoms with Gasteiger partial charge in [0.05, 0.1) is 23.8 Å². The highest BCUT2D eigenvalue weighted by molar-refractivity contribution is 5.97. The number of likely N-dealkylation sites (tertiary alicyclic amines) is 1. The van der Waals surface area contributed by atoms with E-state index in [1.54, 1.807) is 21.3 Å². The minimum atomic E-state index is -0.110. The Kier molecular flexibility index (Phi) is 4.39. The van der Waals surface area contributed by atoms with Gasteiger partial charge in [0.15, 0.2) is 0 Å². The Balaban J connectivity index is 1.68. The number of nitrogens with zero attached hydrogens (tertiary/aromatic N) is 4. The maximum atomic E-state index is 13.2. The molecule has 0 spiro atoms. The normalized spacial score (nSPS) is 14.6. The summed E-state index contributed by atoms with van der Waals surface area (Å²) in [6.07, 6.45) is 4.91. The van der Waals surface area contributed by atoms with Gasteiger partial charge in [-0.15, -0.1) is 0 Å².